The SMILES string of the molecule is Cc1cc(C(=O)NCCOc2ccccc2C)c2cnn(Cc3cccs3)c2n1. The van der Waals surface area contributed by atoms with E-state index in [1.807, 2.05) is 54.2 Å². The van der Waals surface area contributed by atoms with E-state index in [9.17, 15) is 4.79 Å². The van der Waals surface area contributed by atoms with Gasteiger partial charge in [0.2, 0.25) is 0 Å². The van der Waals surface area contributed by atoms with Crippen LogP contribution in [0, 0.1) is 13.8 Å². The first-order valence-electron chi connectivity index (χ1n) is 9.44. The average molecular weight is 407 g/mol. The van der Waals surface area contributed by atoms with Gasteiger partial charge in [0.05, 0.1) is 30.2 Å². The summed E-state index contributed by atoms with van der Waals surface area (Å²) in [6, 6.07) is 13.7. The molecule has 4 rings (SSSR count). The van der Waals surface area contributed by atoms with Crippen LogP contribution in [0.15, 0.2) is 54.0 Å². The van der Waals surface area contributed by atoms with Crippen molar-refractivity contribution >= 4 is 28.3 Å². The normalized spacial score (nSPS) is 11.0. The summed E-state index contributed by atoms with van der Waals surface area (Å²) in [5, 5.41) is 10.2. The molecular weight excluding hydrogens is 384 g/mol. The molecule has 0 saturated carbocycles. The van der Waals surface area contributed by atoms with Crippen LogP contribution in [-0.2, 0) is 6.54 Å². The van der Waals surface area contributed by atoms with Crippen LogP contribution in [0.1, 0.15) is 26.5 Å². The van der Waals surface area contributed by atoms with Crippen LogP contribution < -0.4 is 10.1 Å². The number of rotatable bonds is 7. The maximum Gasteiger partial charge on any atom is 0.252 e. The molecule has 0 saturated heterocycles. The van der Waals surface area contributed by atoms with E-state index < -0.39 is 0 Å². The Kier molecular flexibility index (Phi) is 5.57. The van der Waals surface area contributed by atoms with E-state index in [0.717, 1.165) is 28.0 Å². The number of amides is 1. The molecule has 7 heteroatoms. The number of aryl methyl sites for hydroxylation is 2. The second-order valence-electron chi connectivity index (χ2n) is 6.80. The molecule has 0 aliphatic heterocycles. The van der Waals surface area contributed by atoms with E-state index >= 15 is 0 Å². The molecule has 29 heavy (non-hydrogen) atoms. The minimum Gasteiger partial charge on any atom is -0.491 e. The van der Waals surface area contributed by atoms with Crippen molar-refractivity contribution in [1.29, 1.82) is 0 Å². The molecule has 0 spiro atoms. The number of nitrogens with zero attached hydrogens (tertiary/aromatic N) is 3. The topological polar surface area (TPSA) is 69.0 Å². The van der Waals surface area contributed by atoms with Gasteiger partial charge in [-0.15, -0.1) is 11.3 Å². The Bertz CT molecular complexity index is 1140. The molecule has 0 atom stereocenters. The fourth-order valence-corrected chi connectivity index (χ4v) is 3.85. The number of aromatic nitrogens is 3. The van der Waals surface area contributed by atoms with Crippen molar-refractivity contribution in [3.8, 4) is 5.75 Å². The molecule has 4 aromatic rings. The van der Waals surface area contributed by atoms with Crippen LogP contribution in [0.4, 0.5) is 0 Å². The quantitative estimate of drug-likeness (QED) is 0.472. The van der Waals surface area contributed by atoms with Crippen molar-refractivity contribution in [3.05, 3.63) is 75.7 Å². The summed E-state index contributed by atoms with van der Waals surface area (Å²) < 4.78 is 7.59. The Morgan fingerprint density at radius 3 is 2.86 bits per heavy atom. The Balaban J connectivity index is 1.46. The minimum atomic E-state index is -0.149. The summed E-state index contributed by atoms with van der Waals surface area (Å²) in [4.78, 5) is 18.6. The second-order valence-corrected chi connectivity index (χ2v) is 7.83. The molecule has 3 aromatic heterocycles. The molecule has 1 N–H and O–H groups in total. The molecule has 0 fully saturated rings. The number of carbonyl (C=O) groups is 1. The second kappa shape index (κ2) is 8.45. The van der Waals surface area contributed by atoms with Crippen LogP contribution in [0.2, 0.25) is 0 Å². The average Bonchev–Trinajstić information content (AvgIpc) is 3.36. The number of hydrogen-bond acceptors (Lipinski definition) is 5. The molecular formula is C22H22N4O2S. The molecule has 0 aliphatic rings. The lowest BCUT2D eigenvalue weighted by molar-refractivity contribution is 0.0948. The van der Waals surface area contributed by atoms with Gasteiger partial charge in [-0.3, -0.25) is 4.79 Å². The highest BCUT2D eigenvalue weighted by molar-refractivity contribution is 7.09. The summed E-state index contributed by atoms with van der Waals surface area (Å²) >= 11 is 1.68. The van der Waals surface area contributed by atoms with Gasteiger partial charge in [0.1, 0.15) is 12.4 Å². The lowest BCUT2D eigenvalue weighted by Gasteiger charge is -2.10. The number of pyridine rings is 1. The smallest absolute Gasteiger partial charge is 0.252 e. The third-order valence-electron chi connectivity index (χ3n) is 4.61. The lowest BCUT2D eigenvalue weighted by atomic mass is 10.1. The number of hydrogen-bond donors (Lipinski definition) is 1. The molecule has 0 radical (unpaired) electrons. The highest BCUT2D eigenvalue weighted by Gasteiger charge is 2.16. The standard InChI is InChI=1S/C22H22N4O2S/c1-15-6-3-4-8-20(15)28-10-9-23-22(27)18-12-16(2)25-21-19(18)13-24-26(21)14-17-7-5-11-29-17/h3-8,11-13H,9-10,14H2,1-2H3,(H,23,27). The van der Waals surface area contributed by atoms with Crippen LogP contribution >= 0.6 is 11.3 Å². The third-order valence-corrected chi connectivity index (χ3v) is 5.47. The van der Waals surface area contributed by atoms with Gasteiger partial charge in [-0.05, 0) is 43.0 Å². The van der Waals surface area contributed by atoms with E-state index in [2.05, 4.69) is 21.5 Å². The van der Waals surface area contributed by atoms with Crippen molar-refractivity contribution in [2.24, 2.45) is 0 Å². The number of ether oxygens (including phenoxy) is 1. The van der Waals surface area contributed by atoms with Crippen LogP contribution in [0.5, 0.6) is 5.75 Å². The van der Waals surface area contributed by atoms with Gasteiger partial charge < -0.3 is 10.1 Å². The molecule has 1 amide bonds. The highest BCUT2D eigenvalue weighted by atomic mass is 32.1. The van der Waals surface area contributed by atoms with Crippen molar-refractivity contribution in [2.75, 3.05) is 13.2 Å². The summed E-state index contributed by atoms with van der Waals surface area (Å²) in [7, 11) is 0. The zero-order valence-electron chi connectivity index (χ0n) is 16.4. The molecule has 1 aromatic carbocycles. The molecule has 0 aliphatic carbocycles. The summed E-state index contributed by atoms with van der Waals surface area (Å²) in [5.74, 6) is 0.684. The van der Waals surface area contributed by atoms with Gasteiger partial charge in [0, 0.05) is 10.6 Å². The van der Waals surface area contributed by atoms with Crippen LogP contribution in [0.3, 0.4) is 0 Å². The van der Waals surface area contributed by atoms with Crippen LogP contribution in [0.25, 0.3) is 11.0 Å². The fraction of sp³-hybridized carbons (Fsp3) is 0.227. The highest BCUT2D eigenvalue weighted by Crippen LogP contribution is 2.20. The number of fused-ring (bicyclic) bond motifs is 1. The molecule has 0 bridgehead atoms. The van der Waals surface area contributed by atoms with Gasteiger partial charge in [0.15, 0.2) is 5.65 Å². The maximum absolute atomic E-state index is 12.8. The predicted molar refractivity (Wildman–Crippen MR) is 115 cm³/mol. The molecule has 3 heterocycles. The first-order valence-corrected chi connectivity index (χ1v) is 10.3. The molecule has 0 unspecified atom stereocenters. The van der Waals surface area contributed by atoms with Crippen molar-refractivity contribution in [3.63, 3.8) is 0 Å². The summed E-state index contributed by atoms with van der Waals surface area (Å²) in [6.45, 7) is 5.35. The Morgan fingerprint density at radius 1 is 1.21 bits per heavy atom. The molecule has 6 nitrogen and oxygen atoms in total. The summed E-state index contributed by atoms with van der Waals surface area (Å²) in [5.41, 5.74) is 3.16. The molecule has 148 valence electrons. The van der Waals surface area contributed by atoms with Crippen molar-refractivity contribution in [1.82, 2.24) is 20.1 Å². The zero-order chi connectivity index (χ0) is 20.2. The lowest BCUT2D eigenvalue weighted by Crippen LogP contribution is -2.28. The number of para-hydroxylation sites is 1. The van der Waals surface area contributed by atoms with E-state index in [0.29, 0.717) is 25.3 Å². The van der Waals surface area contributed by atoms with Gasteiger partial charge >= 0.3 is 0 Å². The van der Waals surface area contributed by atoms with Crippen molar-refractivity contribution < 1.29 is 9.53 Å². The first kappa shape index (κ1) is 19.1. The van der Waals surface area contributed by atoms with E-state index in [-0.39, 0.29) is 5.91 Å². The van der Waals surface area contributed by atoms with Crippen LogP contribution in [-0.4, -0.2) is 33.8 Å². The Labute approximate surface area is 173 Å². The maximum atomic E-state index is 12.8. The van der Waals surface area contributed by atoms with Gasteiger partial charge in [-0.2, -0.15) is 5.10 Å². The van der Waals surface area contributed by atoms with E-state index in [1.54, 1.807) is 23.6 Å². The number of benzene rings is 1. The fourth-order valence-electron chi connectivity index (χ4n) is 3.17. The van der Waals surface area contributed by atoms with Gasteiger partial charge in [-0.25, -0.2) is 9.67 Å². The Hall–Kier alpha value is -3.19. The number of carbonyl (C=O) groups excluding carboxylic acids is 1. The largest absolute Gasteiger partial charge is 0.491 e. The first-order chi connectivity index (χ1) is 14.1. The monoisotopic (exact) mass is 406 g/mol. The van der Waals surface area contributed by atoms with E-state index in [1.165, 1.54) is 4.88 Å². The predicted octanol–water partition coefficient (Wildman–Crippen LogP) is 3.97. The van der Waals surface area contributed by atoms with Gasteiger partial charge in [0.25, 0.3) is 5.91 Å². The minimum absolute atomic E-state index is 0.149. The number of nitrogens with one attached hydrogen (secondary N) is 1. The third kappa shape index (κ3) is 4.30. The summed E-state index contributed by atoms with van der Waals surface area (Å²) in [6.07, 6.45) is 1.72. The number of thiophene rings is 1. The van der Waals surface area contributed by atoms with E-state index in [4.69, 9.17) is 4.74 Å². The van der Waals surface area contributed by atoms with Gasteiger partial charge in [-0.1, -0.05) is 24.3 Å². The van der Waals surface area contributed by atoms with Crippen molar-refractivity contribution in [2.45, 2.75) is 20.4 Å². The zero-order valence-corrected chi connectivity index (χ0v) is 17.2. The Morgan fingerprint density at radius 2 is 2.07 bits per heavy atom.